The Balaban J connectivity index is 2.22. The normalized spacial score (nSPS) is 11.8. The highest BCUT2D eigenvalue weighted by Crippen LogP contribution is 2.23. The summed E-state index contributed by atoms with van der Waals surface area (Å²) in [5.74, 6) is -0.734. The number of hydrogen-bond acceptors (Lipinski definition) is 3. The SMILES string of the molecule is COc1ccc(C(Cc2ccccn2)C(=O)O)cc1. The number of carbonyl (C=O) groups is 1. The van der Waals surface area contributed by atoms with Crippen LogP contribution in [-0.4, -0.2) is 23.2 Å². The van der Waals surface area contributed by atoms with Gasteiger partial charge in [0.1, 0.15) is 5.75 Å². The zero-order valence-electron chi connectivity index (χ0n) is 10.6. The predicted octanol–water partition coefficient (Wildman–Crippen LogP) is 2.50. The highest BCUT2D eigenvalue weighted by molar-refractivity contribution is 5.76. The number of ether oxygens (including phenoxy) is 1. The van der Waals surface area contributed by atoms with Crippen LogP contribution in [0.1, 0.15) is 17.2 Å². The van der Waals surface area contributed by atoms with Gasteiger partial charge in [0.05, 0.1) is 13.0 Å². The first kappa shape index (κ1) is 13.1. The second kappa shape index (κ2) is 6.00. The summed E-state index contributed by atoms with van der Waals surface area (Å²) in [6, 6.07) is 12.6. The Morgan fingerprint density at radius 3 is 2.53 bits per heavy atom. The average molecular weight is 257 g/mol. The molecule has 0 saturated carbocycles. The highest BCUT2D eigenvalue weighted by Gasteiger charge is 2.20. The summed E-state index contributed by atoms with van der Waals surface area (Å²) < 4.78 is 5.07. The molecule has 0 bridgehead atoms. The molecule has 0 radical (unpaired) electrons. The molecule has 0 amide bonds. The predicted molar refractivity (Wildman–Crippen MR) is 71.3 cm³/mol. The van der Waals surface area contributed by atoms with E-state index in [-0.39, 0.29) is 0 Å². The Hall–Kier alpha value is -2.36. The number of nitrogens with zero attached hydrogens (tertiary/aromatic N) is 1. The van der Waals surface area contributed by atoms with Crippen LogP contribution in [0.2, 0.25) is 0 Å². The molecular formula is C15H15NO3. The Bertz CT molecular complexity index is 537. The number of aromatic nitrogens is 1. The third kappa shape index (κ3) is 3.31. The maximum absolute atomic E-state index is 11.4. The van der Waals surface area contributed by atoms with Crippen LogP contribution < -0.4 is 4.74 Å². The van der Waals surface area contributed by atoms with Crippen LogP contribution in [0, 0.1) is 0 Å². The molecule has 1 aromatic heterocycles. The molecule has 1 N–H and O–H groups in total. The topological polar surface area (TPSA) is 59.4 Å². The number of rotatable bonds is 5. The van der Waals surface area contributed by atoms with E-state index >= 15 is 0 Å². The average Bonchev–Trinajstić information content (AvgIpc) is 2.46. The van der Waals surface area contributed by atoms with Gasteiger partial charge in [0, 0.05) is 18.3 Å². The number of benzene rings is 1. The summed E-state index contributed by atoms with van der Waals surface area (Å²) in [6.07, 6.45) is 2.05. The van der Waals surface area contributed by atoms with E-state index in [0.717, 1.165) is 11.3 Å². The van der Waals surface area contributed by atoms with E-state index in [0.29, 0.717) is 12.2 Å². The van der Waals surface area contributed by atoms with Crippen LogP contribution in [-0.2, 0) is 11.2 Å². The van der Waals surface area contributed by atoms with E-state index in [4.69, 9.17) is 4.74 Å². The van der Waals surface area contributed by atoms with Crippen molar-refractivity contribution in [2.75, 3.05) is 7.11 Å². The zero-order valence-corrected chi connectivity index (χ0v) is 10.6. The molecule has 2 aromatic rings. The minimum absolute atomic E-state index is 0.377. The van der Waals surface area contributed by atoms with Crippen molar-refractivity contribution in [1.82, 2.24) is 4.98 Å². The summed E-state index contributed by atoms with van der Waals surface area (Å²) in [7, 11) is 1.58. The van der Waals surface area contributed by atoms with Crippen LogP contribution in [0.15, 0.2) is 48.7 Å². The maximum atomic E-state index is 11.4. The van der Waals surface area contributed by atoms with Crippen LogP contribution in [0.3, 0.4) is 0 Å². The van der Waals surface area contributed by atoms with Gasteiger partial charge in [-0.1, -0.05) is 18.2 Å². The third-order valence-corrected chi connectivity index (χ3v) is 2.96. The molecular weight excluding hydrogens is 242 g/mol. The fraction of sp³-hybridized carbons (Fsp3) is 0.200. The van der Waals surface area contributed by atoms with Gasteiger partial charge in [-0.3, -0.25) is 9.78 Å². The molecule has 1 unspecified atom stereocenters. The molecule has 0 spiro atoms. The Morgan fingerprint density at radius 2 is 2.00 bits per heavy atom. The Kier molecular flexibility index (Phi) is 4.13. The lowest BCUT2D eigenvalue weighted by atomic mass is 9.94. The van der Waals surface area contributed by atoms with Crippen molar-refractivity contribution in [2.45, 2.75) is 12.3 Å². The van der Waals surface area contributed by atoms with Crippen LogP contribution in [0.25, 0.3) is 0 Å². The van der Waals surface area contributed by atoms with Crippen molar-refractivity contribution in [3.63, 3.8) is 0 Å². The summed E-state index contributed by atoms with van der Waals surface area (Å²) in [6.45, 7) is 0. The van der Waals surface area contributed by atoms with E-state index in [1.807, 2.05) is 18.2 Å². The van der Waals surface area contributed by atoms with Crippen molar-refractivity contribution in [2.24, 2.45) is 0 Å². The molecule has 1 heterocycles. The fourth-order valence-electron chi connectivity index (χ4n) is 1.91. The van der Waals surface area contributed by atoms with E-state index in [9.17, 15) is 9.90 Å². The highest BCUT2D eigenvalue weighted by atomic mass is 16.5. The minimum Gasteiger partial charge on any atom is -0.497 e. The molecule has 98 valence electrons. The lowest BCUT2D eigenvalue weighted by molar-refractivity contribution is -0.138. The van der Waals surface area contributed by atoms with Crippen LogP contribution in [0.5, 0.6) is 5.75 Å². The largest absolute Gasteiger partial charge is 0.497 e. The lowest BCUT2D eigenvalue weighted by Crippen LogP contribution is -2.15. The summed E-state index contributed by atoms with van der Waals surface area (Å²) in [5, 5.41) is 9.36. The van der Waals surface area contributed by atoms with Crippen molar-refractivity contribution < 1.29 is 14.6 Å². The maximum Gasteiger partial charge on any atom is 0.311 e. The molecule has 0 fully saturated rings. The van der Waals surface area contributed by atoms with Crippen LogP contribution in [0.4, 0.5) is 0 Å². The first-order valence-electron chi connectivity index (χ1n) is 5.97. The number of pyridine rings is 1. The van der Waals surface area contributed by atoms with E-state index in [2.05, 4.69) is 4.98 Å². The molecule has 0 aliphatic rings. The van der Waals surface area contributed by atoms with Gasteiger partial charge in [-0.05, 0) is 29.8 Å². The molecule has 2 rings (SSSR count). The summed E-state index contributed by atoms with van der Waals surface area (Å²) >= 11 is 0. The van der Waals surface area contributed by atoms with Crippen molar-refractivity contribution in [3.05, 3.63) is 59.9 Å². The Morgan fingerprint density at radius 1 is 1.26 bits per heavy atom. The number of hydrogen-bond donors (Lipinski definition) is 1. The van der Waals surface area contributed by atoms with Gasteiger partial charge < -0.3 is 9.84 Å². The second-order valence-electron chi connectivity index (χ2n) is 4.19. The van der Waals surface area contributed by atoms with Crippen LogP contribution >= 0.6 is 0 Å². The van der Waals surface area contributed by atoms with E-state index in [1.165, 1.54) is 0 Å². The molecule has 1 atom stereocenters. The minimum atomic E-state index is -0.851. The zero-order chi connectivity index (χ0) is 13.7. The lowest BCUT2D eigenvalue weighted by Gasteiger charge is -2.12. The third-order valence-electron chi connectivity index (χ3n) is 2.96. The number of carboxylic acid groups (broad SMARTS) is 1. The van der Waals surface area contributed by atoms with Gasteiger partial charge in [-0.15, -0.1) is 0 Å². The smallest absolute Gasteiger partial charge is 0.311 e. The Labute approximate surface area is 111 Å². The first-order valence-corrected chi connectivity index (χ1v) is 5.97. The molecule has 4 heteroatoms. The number of aliphatic carboxylic acids is 1. The van der Waals surface area contributed by atoms with E-state index in [1.54, 1.807) is 37.6 Å². The molecule has 4 nitrogen and oxygen atoms in total. The monoisotopic (exact) mass is 257 g/mol. The summed E-state index contributed by atoms with van der Waals surface area (Å²) in [5.41, 5.74) is 1.52. The molecule has 1 aromatic carbocycles. The number of methoxy groups -OCH3 is 1. The van der Waals surface area contributed by atoms with Gasteiger partial charge in [0.2, 0.25) is 0 Å². The molecule has 0 aliphatic heterocycles. The van der Waals surface area contributed by atoms with E-state index < -0.39 is 11.9 Å². The quantitative estimate of drug-likeness (QED) is 0.894. The van der Waals surface area contributed by atoms with Gasteiger partial charge in [-0.25, -0.2) is 0 Å². The fourth-order valence-corrected chi connectivity index (χ4v) is 1.91. The van der Waals surface area contributed by atoms with Gasteiger partial charge in [-0.2, -0.15) is 0 Å². The molecule has 19 heavy (non-hydrogen) atoms. The van der Waals surface area contributed by atoms with Crippen molar-refractivity contribution >= 4 is 5.97 Å². The molecule has 0 saturated heterocycles. The summed E-state index contributed by atoms with van der Waals surface area (Å²) in [4.78, 5) is 15.6. The second-order valence-corrected chi connectivity index (χ2v) is 4.19. The molecule has 0 aliphatic carbocycles. The van der Waals surface area contributed by atoms with Crippen molar-refractivity contribution in [1.29, 1.82) is 0 Å². The van der Waals surface area contributed by atoms with Gasteiger partial charge in [0.25, 0.3) is 0 Å². The number of carboxylic acids is 1. The standard InChI is InChI=1S/C15H15NO3/c1-19-13-7-5-11(6-8-13)14(15(17)18)10-12-4-2-3-9-16-12/h2-9,14H,10H2,1H3,(H,17,18). The van der Waals surface area contributed by atoms with Crippen molar-refractivity contribution in [3.8, 4) is 5.75 Å². The first-order chi connectivity index (χ1) is 9.20. The van der Waals surface area contributed by atoms with Gasteiger partial charge >= 0.3 is 5.97 Å². The van der Waals surface area contributed by atoms with Gasteiger partial charge in [0.15, 0.2) is 0 Å².